The minimum atomic E-state index is -4.59. The second kappa shape index (κ2) is 11.9. The Labute approximate surface area is 233 Å². The average Bonchev–Trinajstić information content (AvgIpc) is 2.92. The van der Waals surface area contributed by atoms with Crippen molar-refractivity contribution in [2.75, 3.05) is 18.6 Å². The molecule has 0 spiro atoms. The third-order valence-corrected chi connectivity index (χ3v) is 8.55. The predicted octanol–water partition coefficient (Wildman–Crippen LogP) is 4.27. The van der Waals surface area contributed by atoms with Crippen LogP contribution in [0.2, 0.25) is 0 Å². The summed E-state index contributed by atoms with van der Waals surface area (Å²) in [7, 11) is -0.856. The molecule has 2 heterocycles. The van der Waals surface area contributed by atoms with Gasteiger partial charge < -0.3 is 14.5 Å². The number of ether oxygens (including phenoxy) is 1. The summed E-state index contributed by atoms with van der Waals surface area (Å²) in [5, 5.41) is 0. The van der Waals surface area contributed by atoms with E-state index in [0.29, 0.717) is 23.7 Å². The van der Waals surface area contributed by atoms with E-state index in [1.165, 1.54) is 31.3 Å². The predicted molar refractivity (Wildman–Crippen MR) is 138 cm³/mol. The molecule has 0 saturated heterocycles. The number of carbonyl (C=O) groups excluding carboxylic acids is 1. The molecule has 1 aliphatic rings. The monoisotopic (exact) mass is 597 g/mol. The highest BCUT2D eigenvalue weighted by Crippen LogP contribution is 2.40. The third-order valence-electron chi connectivity index (χ3n) is 6.85. The van der Waals surface area contributed by atoms with Crippen LogP contribution in [0, 0.1) is 12.7 Å². The molecule has 0 amide bonds. The molecule has 1 fully saturated rings. The number of benzene rings is 1. The molecule has 2 aromatic heterocycles. The van der Waals surface area contributed by atoms with E-state index in [9.17, 15) is 30.8 Å². The van der Waals surface area contributed by atoms with Gasteiger partial charge in [0.2, 0.25) is 5.88 Å². The highest BCUT2D eigenvalue weighted by atomic mass is 32.2. The van der Waals surface area contributed by atoms with Crippen LogP contribution in [0.4, 0.5) is 23.4 Å². The lowest BCUT2D eigenvalue weighted by molar-refractivity contribution is -0.137. The molecular weight excluding hydrogens is 570 g/mol. The molecule has 41 heavy (non-hydrogen) atoms. The summed E-state index contributed by atoms with van der Waals surface area (Å²) < 4.78 is 87.4. The van der Waals surface area contributed by atoms with Gasteiger partial charge in [-0.05, 0) is 76.0 Å². The van der Waals surface area contributed by atoms with E-state index in [-0.39, 0.29) is 40.4 Å². The Morgan fingerprint density at radius 3 is 2.46 bits per heavy atom. The van der Waals surface area contributed by atoms with Gasteiger partial charge in [-0.3, -0.25) is 4.79 Å². The number of likely N-dealkylation sites (N-methyl/N-ethyl adjacent to an activating group) is 1. The molecule has 3 atom stereocenters. The highest BCUT2D eigenvalue weighted by molar-refractivity contribution is 7.92. The van der Waals surface area contributed by atoms with Crippen LogP contribution in [0.3, 0.4) is 0 Å². The molecule has 4 rings (SSSR count). The molecule has 0 N–H and O–H groups in total. The Morgan fingerprint density at radius 1 is 1.10 bits per heavy atom. The largest absolute Gasteiger partial charge is 0.473 e. The molecule has 0 bridgehead atoms. The summed E-state index contributed by atoms with van der Waals surface area (Å²) in [6.45, 7) is 1.39. The van der Waals surface area contributed by atoms with Crippen molar-refractivity contribution in [3.63, 3.8) is 0 Å². The molecule has 0 unspecified atom stereocenters. The molecule has 15 heteroatoms. The van der Waals surface area contributed by atoms with E-state index in [1.807, 2.05) is 4.90 Å². The second-order valence-electron chi connectivity index (χ2n) is 9.67. The summed E-state index contributed by atoms with van der Waals surface area (Å²) in [6, 6.07) is 5.99. The van der Waals surface area contributed by atoms with Gasteiger partial charge in [-0.25, -0.2) is 19.3 Å². The number of anilines is 1. The van der Waals surface area contributed by atoms with Gasteiger partial charge in [0, 0.05) is 24.4 Å². The van der Waals surface area contributed by atoms with Gasteiger partial charge >= 0.3 is 12.6 Å². The van der Waals surface area contributed by atoms with Gasteiger partial charge in [0.05, 0.1) is 11.3 Å². The van der Waals surface area contributed by atoms with Crippen molar-refractivity contribution in [2.45, 2.75) is 55.3 Å². The van der Waals surface area contributed by atoms with E-state index in [0.717, 1.165) is 24.5 Å². The van der Waals surface area contributed by atoms with Crippen molar-refractivity contribution in [3.8, 4) is 5.88 Å². The molecule has 1 aromatic carbocycles. The quantitative estimate of drug-likeness (QED) is 0.203. The van der Waals surface area contributed by atoms with Crippen LogP contribution in [0.15, 0.2) is 53.8 Å². The van der Waals surface area contributed by atoms with Gasteiger partial charge in [-0.2, -0.15) is 21.6 Å². The Hall–Kier alpha value is -3.85. The number of alkyl halides is 3. The van der Waals surface area contributed by atoms with Gasteiger partial charge in [0.15, 0.2) is 5.82 Å². The zero-order valence-electron chi connectivity index (χ0n) is 22.2. The maximum absolute atomic E-state index is 14.6. The number of aromatic nitrogens is 3. The zero-order chi connectivity index (χ0) is 29.9. The van der Waals surface area contributed by atoms with E-state index >= 15 is 0 Å². The summed E-state index contributed by atoms with van der Waals surface area (Å²) in [6.07, 6.45) is -1.59. The van der Waals surface area contributed by atoms with E-state index in [1.54, 1.807) is 14.1 Å². The fourth-order valence-electron chi connectivity index (χ4n) is 4.89. The second-order valence-corrected chi connectivity index (χ2v) is 11.4. The standard InChI is InChI=1S/C26H27F4N5O5S/c1-16-23(41(37,38)35(39-15-36)24-10-11-31-14-32-24)8-9-25(33-16)40-22-7-4-17(12-21(22)34(2)3)19-13-18(26(28,29)30)5-6-20(19)27/h5-6,8-11,13-15,17,21-22H,4,7,12H2,1-3H3/t17-,21-,22-/m0/s1. The number of hydrogen-bond acceptors (Lipinski definition) is 9. The first-order valence-corrected chi connectivity index (χ1v) is 13.9. The maximum Gasteiger partial charge on any atom is 0.416 e. The lowest BCUT2D eigenvalue weighted by atomic mass is 9.78. The summed E-state index contributed by atoms with van der Waals surface area (Å²) >= 11 is 0. The average molecular weight is 598 g/mol. The molecule has 3 aromatic rings. The van der Waals surface area contributed by atoms with Crippen molar-refractivity contribution < 1.29 is 40.3 Å². The molecule has 10 nitrogen and oxygen atoms in total. The minimum Gasteiger partial charge on any atom is -0.473 e. The van der Waals surface area contributed by atoms with Crippen LogP contribution in [-0.4, -0.2) is 61.0 Å². The first-order chi connectivity index (χ1) is 19.3. The Bertz CT molecular complexity index is 1490. The maximum atomic E-state index is 14.6. The summed E-state index contributed by atoms with van der Waals surface area (Å²) in [5.41, 5.74) is -0.836. The van der Waals surface area contributed by atoms with Crippen molar-refractivity contribution in [1.29, 1.82) is 0 Å². The molecule has 1 saturated carbocycles. The fourth-order valence-corrected chi connectivity index (χ4v) is 6.23. The number of sulfonamides is 1. The van der Waals surface area contributed by atoms with Crippen molar-refractivity contribution >= 4 is 22.3 Å². The number of aryl methyl sites for hydroxylation is 1. The first kappa shape index (κ1) is 30.1. The van der Waals surface area contributed by atoms with Crippen LogP contribution < -0.4 is 9.21 Å². The highest BCUT2D eigenvalue weighted by Gasteiger charge is 2.38. The molecule has 0 aliphatic heterocycles. The molecule has 220 valence electrons. The summed E-state index contributed by atoms with van der Waals surface area (Å²) in [5.74, 6) is -1.23. The van der Waals surface area contributed by atoms with E-state index < -0.39 is 39.6 Å². The van der Waals surface area contributed by atoms with Crippen molar-refractivity contribution in [1.82, 2.24) is 19.9 Å². The zero-order valence-corrected chi connectivity index (χ0v) is 23.1. The van der Waals surface area contributed by atoms with Gasteiger partial charge in [-0.15, -0.1) is 0 Å². The number of nitrogens with zero attached hydrogens (tertiary/aromatic N) is 5. The van der Waals surface area contributed by atoms with Crippen molar-refractivity contribution in [2.24, 2.45) is 0 Å². The smallest absolute Gasteiger partial charge is 0.416 e. The van der Waals surface area contributed by atoms with Crippen LogP contribution in [0.1, 0.15) is 42.0 Å². The third kappa shape index (κ3) is 6.56. The van der Waals surface area contributed by atoms with Crippen LogP contribution >= 0.6 is 0 Å². The lowest BCUT2D eigenvalue weighted by Crippen LogP contribution is -2.46. The summed E-state index contributed by atoms with van der Waals surface area (Å²) in [4.78, 5) is 29.1. The van der Waals surface area contributed by atoms with Gasteiger partial charge in [-0.1, -0.05) is 4.47 Å². The molecule has 1 aliphatic carbocycles. The number of hydrogen-bond donors (Lipinski definition) is 0. The SMILES string of the molecule is Cc1nc(O[C@H]2CC[C@H](c3cc(C(F)(F)F)ccc3F)C[C@@H]2N(C)C)ccc1S(=O)(=O)N(OC=O)c1ccncn1. The first-order valence-electron chi connectivity index (χ1n) is 12.4. The normalized spacial score (nSPS) is 19.6. The van der Waals surface area contributed by atoms with Crippen molar-refractivity contribution in [3.05, 3.63) is 71.6 Å². The number of rotatable bonds is 9. The topological polar surface area (TPSA) is 115 Å². The lowest BCUT2D eigenvalue weighted by Gasteiger charge is -2.39. The van der Waals surface area contributed by atoms with Crippen LogP contribution in [0.5, 0.6) is 5.88 Å². The van der Waals surface area contributed by atoms with E-state index in [4.69, 9.17) is 9.57 Å². The Kier molecular flexibility index (Phi) is 8.77. The molecular formula is C26H27F4N5O5S. The Morgan fingerprint density at radius 2 is 1.85 bits per heavy atom. The fraction of sp³-hybridized carbons (Fsp3) is 0.385. The number of carbonyl (C=O) groups is 1. The van der Waals surface area contributed by atoms with Gasteiger partial charge in [0.25, 0.3) is 10.0 Å². The van der Waals surface area contributed by atoms with Gasteiger partial charge in [0.1, 0.15) is 23.1 Å². The minimum absolute atomic E-state index is 0.0134. The molecule has 0 radical (unpaired) electrons. The number of halogens is 4. The van der Waals surface area contributed by atoms with Crippen LogP contribution in [-0.2, 0) is 25.8 Å². The Balaban J connectivity index is 1.55. The van der Waals surface area contributed by atoms with E-state index in [2.05, 4.69) is 15.0 Å². The number of pyridine rings is 1. The van der Waals surface area contributed by atoms with Crippen LogP contribution in [0.25, 0.3) is 0 Å².